The molecule has 2 heteroatoms. The minimum absolute atomic E-state index is 0.0230. The Bertz CT molecular complexity index is 408. The lowest BCUT2D eigenvalue weighted by Gasteiger charge is -2.34. The second kappa shape index (κ2) is 4.22. The summed E-state index contributed by atoms with van der Waals surface area (Å²) in [5.74, 6) is -0.185. The van der Waals surface area contributed by atoms with E-state index < -0.39 is 5.60 Å². The zero-order chi connectivity index (χ0) is 11.6. The number of rotatable bonds is 2. The van der Waals surface area contributed by atoms with Gasteiger partial charge < -0.3 is 5.11 Å². The molecule has 2 atom stereocenters. The van der Waals surface area contributed by atoms with Gasteiger partial charge in [0.1, 0.15) is 5.60 Å². The van der Waals surface area contributed by atoms with E-state index >= 15 is 0 Å². The summed E-state index contributed by atoms with van der Waals surface area (Å²) in [7, 11) is 0. The average Bonchev–Trinajstić information content (AvgIpc) is 2.33. The summed E-state index contributed by atoms with van der Waals surface area (Å²) in [5.41, 5.74) is -0.636. The molecule has 0 fully saturated rings. The van der Waals surface area contributed by atoms with Crippen LogP contribution in [0.3, 0.4) is 0 Å². The molecule has 1 aliphatic rings. The topological polar surface area (TPSA) is 37.3 Å². The molecule has 0 amide bonds. The van der Waals surface area contributed by atoms with E-state index in [2.05, 4.69) is 0 Å². The summed E-state index contributed by atoms with van der Waals surface area (Å²) in [6.07, 6.45) is 5.09. The van der Waals surface area contributed by atoms with Gasteiger partial charge in [-0.15, -0.1) is 0 Å². The number of Topliss-reactive ketones (excluding diaryl/α,β-unsaturated/α-hetero) is 1. The Morgan fingerprint density at radius 3 is 2.62 bits per heavy atom. The van der Waals surface area contributed by atoms with Crippen LogP contribution in [-0.2, 0) is 0 Å². The molecule has 1 aromatic rings. The minimum Gasteiger partial charge on any atom is -0.381 e. The molecule has 2 unspecified atom stereocenters. The maximum absolute atomic E-state index is 12.2. The molecule has 0 spiro atoms. The Labute approximate surface area is 95.6 Å². The standard InChI is InChI=1S/C14H16O2/c1-11-7-5-6-10-14(11,16)13(15)12-8-3-2-4-9-12/h2-6,8-9,11,16H,7,10H2,1H3. The van der Waals surface area contributed by atoms with Crippen molar-refractivity contribution in [2.24, 2.45) is 5.92 Å². The number of carbonyl (C=O) groups is 1. The van der Waals surface area contributed by atoms with Crippen LogP contribution in [0.25, 0.3) is 0 Å². The second-order valence-corrected chi connectivity index (χ2v) is 4.43. The predicted molar refractivity (Wildman–Crippen MR) is 63.3 cm³/mol. The van der Waals surface area contributed by atoms with Crippen molar-refractivity contribution in [3.05, 3.63) is 48.0 Å². The summed E-state index contributed by atoms with van der Waals surface area (Å²) in [6, 6.07) is 9.02. The summed E-state index contributed by atoms with van der Waals surface area (Å²) in [4.78, 5) is 12.2. The number of allylic oxidation sites excluding steroid dienone is 1. The first-order valence-corrected chi connectivity index (χ1v) is 5.62. The van der Waals surface area contributed by atoms with Crippen molar-refractivity contribution in [3.63, 3.8) is 0 Å². The van der Waals surface area contributed by atoms with E-state index in [1.807, 2.05) is 37.3 Å². The number of hydrogen-bond acceptors (Lipinski definition) is 2. The number of hydrogen-bond donors (Lipinski definition) is 1. The molecular weight excluding hydrogens is 200 g/mol. The van der Waals surface area contributed by atoms with Crippen molar-refractivity contribution >= 4 is 5.78 Å². The Kier molecular flexibility index (Phi) is 2.92. The largest absolute Gasteiger partial charge is 0.381 e. The van der Waals surface area contributed by atoms with Gasteiger partial charge in [0.25, 0.3) is 0 Å². The van der Waals surface area contributed by atoms with Gasteiger partial charge in [-0.1, -0.05) is 49.4 Å². The molecule has 0 heterocycles. The molecular formula is C14H16O2. The Morgan fingerprint density at radius 1 is 1.31 bits per heavy atom. The Balaban J connectivity index is 2.31. The normalized spacial score (nSPS) is 29.0. The zero-order valence-electron chi connectivity index (χ0n) is 9.39. The quantitative estimate of drug-likeness (QED) is 0.609. The third kappa shape index (κ3) is 1.81. The van der Waals surface area contributed by atoms with Crippen molar-refractivity contribution in [1.29, 1.82) is 0 Å². The van der Waals surface area contributed by atoms with Gasteiger partial charge in [-0.2, -0.15) is 0 Å². The number of aliphatic hydroxyl groups is 1. The van der Waals surface area contributed by atoms with E-state index in [1.54, 1.807) is 12.1 Å². The van der Waals surface area contributed by atoms with Crippen molar-refractivity contribution in [1.82, 2.24) is 0 Å². The van der Waals surface area contributed by atoms with Crippen LogP contribution in [0.5, 0.6) is 0 Å². The summed E-state index contributed by atoms with van der Waals surface area (Å²) >= 11 is 0. The molecule has 2 nitrogen and oxygen atoms in total. The van der Waals surface area contributed by atoms with Crippen molar-refractivity contribution < 1.29 is 9.90 Å². The van der Waals surface area contributed by atoms with Gasteiger partial charge in [-0.25, -0.2) is 0 Å². The highest BCUT2D eigenvalue weighted by atomic mass is 16.3. The van der Waals surface area contributed by atoms with E-state index in [1.165, 1.54) is 0 Å². The molecule has 0 saturated heterocycles. The maximum Gasteiger partial charge on any atom is 0.194 e. The van der Waals surface area contributed by atoms with Crippen molar-refractivity contribution in [2.75, 3.05) is 0 Å². The minimum atomic E-state index is -1.23. The highest BCUT2D eigenvalue weighted by molar-refractivity contribution is 6.02. The fourth-order valence-electron chi connectivity index (χ4n) is 2.12. The van der Waals surface area contributed by atoms with Gasteiger partial charge in [0.2, 0.25) is 0 Å². The number of carbonyl (C=O) groups excluding carboxylic acids is 1. The van der Waals surface area contributed by atoms with Crippen LogP contribution in [0, 0.1) is 5.92 Å². The maximum atomic E-state index is 12.2. The molecule has 0 saturated carbocycles. The smallest absolute Gasteiger partial charge is 0.194 e. The highest BCUT2D eigenvalue weighted by Crippen LogP contribution is 2.32. The number of benzene rings is 1. The molecule has 1 aliphatic carbocycles. The first-order valence-electron chi connectivity index (χ1n) is 5.62. The molecule has 1 N–H and O–H groups in total. The lowest BCUT2D eigenvalue weighted by atomic mass is 9.75. The molecule has 0 radical (unpaired) electrons. The average molecular weight is 216 g/mol. The van der Waals surface area contributed by atoms with Crippen LogP contribution < -0.4 is 0 Å². The first-order chi connectivity index (χ1) is 7.64. The first kappa shape index (κ1) is 11.1. The van der Waals surface area contributed by atoms with Crippen LogP contribution in [0.1, 0.15) is 30.1 Å². The van der Waals surface area contributed by atoms with Crippen LogP contribution in [-0.4, -0.2) is 16.5 Å². The molecule has 84 valence electrons. The lowest BCUT2D eigenvalue weighted by molar-refractivity contribution is 0.000975. The molecule has 1 aromatic carbocycles. The fourth-order valence-corrected chi connectivity index (χ4v) is 2.12. The second-order valence-electron chi connectivity index (χ2n) is 4.43. The molecule has 0 aromatic heterocycles. The van der Waals surface area contributed by atoms with Crippen LogP contribution in [0.15, 0.2) is 42.5 Å². The van der Waals surface area contributed by atoms with Crippen molar-refractivity contribution in [3.8, 4) is 0 Å². The molecule has 0 aliphatic heterocycles. The Morgan fingerprint density at radius 2 is 2.00 bits per heavy atom. The van der Waals surface area contributed by atoms with Crippen LogP contribution in [0.4, 0.5) is 0 Å². The third-order valence-corrected chi connectivity index (χ3v) is 3.33. The van der Waals surface area contributed by atoms with Crippen LogP contribution in [0.2, 0.25) is 0 Å². The van der Waals surface area contributed by atoms with E-state index in [0.29, 0.717) is 12.0 Å². The van der Waals surface area contributed by atoms with Gasteiger partial charge in [0, 0.05) is 12.0 Å². The lowest BCUT2D eigenvalue weighted by Crippen LogP contribution is -2.45. The van der Waals surface area contributed by atoms with E-state index in [-0.39, 0.29) is 11.7 Å². The summed E-state index contributed by atoms with van der Waals surface area (Å²) in [6.45, 7) is 1.92. The van der Waals surface area contributed by atoms with Gasteiger partial charge in [0.05, 0.1) is 0 Å². The highest BCUT2D eigenvalue weighted by Gasteiger charge is 2.41. The number of ketones is 1. The molecule has 0 bridgehead atoms. The molecule has 16 heavy (non-hydrogen) atoms. The fraction of sp³-hybridized carbons (Fsp3) is 0.357. The predicted octanol–water partition coefficient (Wildman–Crippen LogP) is 2.59. The Hall–Kier alpha value is -1.41. The van der Waals surface area contributed by atoms with Crippen molar-refractivity contribution in [2.45, 2.75) is 25.4 Å². The molecule has 2 rings (SSSR count). The summed E-state index contributed by atoms with van der Waals surface area (Å²) in [5, 5.41) is 10.5. The van der Waals surface area contributed by atoms with Gasteiger partial charge in [-0.3, -0.25) is 4.79 Å². The van der Waals surface area contributed by atoms with E-state index in [4.69, 9.17) is 0 Å². The van der Waals surface area contributed by atoms with Gasteiger partial charge in [-0.05, 0) is 12.3 Å². The SMILES string of the molecule is CC1CC=CCC1(O)C(=O)c1ccccc1. The summed E-state index contributed by atoms with van der Waals surface area (Å²) < 4.78 is 0. The monoisotopic (exact) mass is 216 g/mol. The zero-order valence-corrected chi connectivity index (χ0v) is 9.39. The third-order valence-electron chi connectivity index (χ3n) is 3.33. The van der Waals surface area contributed by atoms with Gasteiger partial charge in [0.15, 0.2) is 5.78 Å². The van der Waals surface area contributed by atoms with Gasteiger partial charge >= 0.3 is 0 Å². The van der Waals surface area contributed by atoms with E-state index in [9.17, 15) is 9.90 Å². The van der Waals surface area contributed by atoms with E-state index in [0.717, 1.165) is 6.42 Å². The van der Waals surface area contributed by atoms with Crippen LogP contribution >= 0.6 is 0 Å².